The van der Waals surface area contributed by atoms with Crippen molar-refractivity contribution in [2.24, 2.45) is 5.73 Å². The maximum absolute atomic E-state index is 11.9. The van der Waals surface area contributed by atoms with E-state index >= 15 is 0 Å². The van der Waals surface area contributed by atoms with Crippen molar-refractivity contribution in [1.82, 2.24) is 0 Å². The molecule has 0 aromatic heterocycles. The van der Waals surface area contributed by atoms with Gasteiger partial charge in [0.1, 0.15) is 5.75 Å². The fourth-order valence-electron chi connectivity index (χ4n) is 1.46. The number of thioether (sulfide) groups is 1. The van der Waals surface area contributed by atoms with Gasteiger partial charge in [0.2, 0.25) is 0 Å². The predicted octanol–water partition coefficient (Wildman–Crippen LogP) is 3.60. The highest BCUT2D eigenvalue weighted by Crippen LogP contribution is 2.29. The molecule has 0 fully saturated rings. The fourth-order valence-corrected chi connectivity index (χ4v) is 1.86. The lowest BCUT2D eigenvalue weighted by Gasteiger charge is -2.09. The SMILES string of the molecule is CC(N)CCc1ccc(OCCSC(F)(F)F)cc1. The summed E-state index contributed by atoms with van der Waals surface area (Å²) in [6.07, 6.45) is 1.80. The molecular formula is C13H18F3NOS. The van der Waals surface area contributed by atoms with Crippen LogP contribution in [0.2, 0.25) is 0 Å². The Balaban J connectivity index is 2.28. The van der Waals surface area contributed by atoms with Gasteiger partial charge in [-0.25, -0.2) is 0 Å². The minimum Gasteiger partial charge on any atom is -0.493 e. The number of benzene rings is 1. The van der Waals surface area contributed by atoms with Crippen LogP contribution in [0.25, 0.3) is 0 Å². The Morgan fingerprint density at radius 2 is 1.89 bits per heavy atom. The van der Waals surface area contributed by atoms with Gasteiger partial charge in [-0.15, -0.1) is 0 Å². The topological polar surface area (TPSA) is 35.2 Å². The van der Waals surface area contributed by atoms with E-state index in [9.17, 15) is 13.2 Å². The summed E-state index contributed by atoms with van der Waals surface area (Å²) >= 11 is -0.0716. The number of hydrogen-bond acceptors (Lipinski definition) is 3. The zero-order chi connectivity index (χ0) is 14.3. The zero-order valence-corrected chi connectivity index (χ0v) is 11.6. The van der Waals surface area contributed by atoms with E-state index in [1.165, 1.54) is 0 Å². The molecule has 2 N–H and O–H groups in total. The molecule has 1 atom stereocenters. The van der Waals surface area contributed by atoms with Crippen molar-refractivity contribution in [1.29, 1.82) is 0 Å². The molecule has 6 heteroatoms. The smallest absolute Gasteiger partial charge is 0.441 e. The maximum Gasteiger partial charge on any atom is 0.441 e. The number of halogens is 3. The molecule has 0 aliphatic carbocycles. The van der Waals surface area contributed by atoms with E-state index in [-0.39, 0.29) is 30.2 Å². The van der Waals surface area contributed by atoms with Gasteiger partial charge in [-0.1, -0.05) is 12.1 Å². The molecule has 1 rings (SSSR count). The Morgan fingerprint density at radius 1 is 1.26 bits per heavy atom. The molecule has 0 spiro atoms. The zero-order valence-electron chi connectivity index (χ0n) is 10.7. The number of ether oxygens (including phenoxy) is 1. The third-order valence-corrected chi connectivity index (χ3v) is 3.13. The van der Waals surface area contributed by atoms with E-state index in [4.69, 9.17) is 10.5 Å². The van der Waals surface area contributed by atoms with Gasteiger partial charge in [0.15, 0.2) is 0 Å². The second-order valence-corrected chi connectivity index (χ2v) is 5.46. The van der Waals surface area contributed by atoms with Gasteiger partial charge in [0.25, 0.3) is 0 Å². The molecule has 1 aromatic rings. The lowest BCUT2D eigenvalue weighted by molar-refractivity contribution is -0.0329. The highest BCUT2D eigenvalue weighted by molar-refractivity contribution is 8.00. The highest BCUT2D eigenvalue weighted by atomic mass is 32.2. The summed E-state index contributed by atoms with van der Waals surface area (Å²) in [4.78, 5) is 0. The predicted molar refractivity (Wildman–Crippen MR) is 72.4 cm³/mol. The normalized spacial score (nSPS) is 13.3. The molecule has 2 nitrogen and oxygen atoms in total. The average Bonchev–Trinajstić information content (AvgIpc) is 2.32. The molecule has 0 saturated carbocycles. The van der Waals surface area contributed by atoms with Gasteiger partial charge in [0, 0.05) is 11.8 Å². The highest BCUT2D eigenvalue weighted by Gasteiger charge is 2.27. The van der Waals surface area contributed by atoms with Crippen LogP contribution in [0, 0.1) is 0 Å². The Kier molecular flexibility index (Phi) is 6.51. The van der Waals surface area contributed by atoms with Crippen molar-refractivity contribution in [3.8, 4) is 5.75 Å². The third-order valence-electron chi connectivity index (χ3n) is 2.43. The van der Waals surface area contributed by atoms with Crippen LogP contribution in [0.1, 0.15) is 18.9 Å². The summed E-state index contributed by atoms with van der Waals surface area (Å²) in [5, 5.41) is 0. The van der Waals surface area contributed by atoms with Gasteiger partial charge < -0.3 is 10.5 Å². The maximum atomic E-state index is 11.9. The first-order chi connectivity index (χ1) is 8.87. The Bertz CT molecular complexity index is 365. The lowest BCUT2D eigenvalue weighted by Crippen LogP contribution is -2.15. The van der Waals surface area contributed by atoms with Crippen molar-refractivity contribution in [3.05, 3.63) is 29.8 Å². The van der Waals surface area contributed by atoms with Gasteiger partial charge >= 0.3 is 5.51 Å². The van der Waals surface area contributed by atoms with E-state index in [1.807, 2.05) is 19.1 Å². The van der Waals surface area contributed by atoms with Crippen molar-refractivity contribution in [3.63, 3.8) is 0 Å². The molecule has 0 heterocycles. The molecule has 108 valence electrons. The van der Waals surface area contributed by atoms with E-state index in [1.54, 1.807) is 12.1 Å². The number of alkyl halides is 3. The summed E-state index contributed by atoms with van der Waals surface area (Å²) in [6.45, 7) is 2.00. The lowest BCUT2D eigenvalue weighted by atomic mass is 10.1. The van der Waals surface area contributed by atoms with Crippen molar-refractivity contribution in [2.75, 3.05) is 12.4 Å². The number of rotatable bonds is 7. The first-order valence-corrected chi connectivity index (χ1v) is 7.03. The van der Waals surface area contributed by atoms with Crippen LogP contribution in [0.4, 0.5) is 13.2 Å². The van der Waals surface area contributed by atoms with Gasteiger partial charge in [0.05, 0.1) is 6.61 Å². The van der Waals surface area contributed by atoms with Crippen molar-refractivity contribution in [2.45, 2.75) is 31.3 Å². The molecular weight excluding hydrogens is 275 g/mol. The van der Waals surface area contributed by atoms with E-state index < -0.39 is 5.51 Å². The largest absolute Gasteiger partial charge is 0.493 e. The Hall–Kier alpha value is -0.880. The van der Waals surface area contributed by atoms with Gasteiger partial charge in [-0.3, -0.25) is 0 Å². The summed E-state index contributed by atoms with van der Waals surface area (Å²) < 4.78 is 40.9. The second kappa shape index (κ2) is 7.65. The Labute approximate surface area is 115 Å². The van der Waals surface area contributed by atoms with Crippen LogP contribution in [-0.2, 0) is 6.42 Å². The average molecular weight is 293 g/mol. The second-order valence-electron chi connectivity index (χ2n) is 4.30. The monoisotopic (exact) mass is 293 g/mol. The van der Waals surface area contributed by atoms with E-state index in [2.05, 4.69) is 0 Å². The van der Waals surface area contributed by atoms with Gasteiger partial charge in [-0.2, -0.15) is 13.2 Å². The summed E-state index contributed by atoms with van der Waals surface area (Å²) in [6, 6.07) is 7.53. The van der Waals surface area contributed by atoms with E-state index in [0.717, 1.165) is 18.4 Å². The molecule has 1 unspecified atom stereocenters. The molecule has 19 heavy (non-hydrogen) atoms. The summed E-state index contributed by atoms with van der Waals surface area (Å²) in [5.74, 6) is 0.489. The standard InChI is InChI=1S/C13H18F3NOS/c1-10(17)2-3-11-4-6-12(7-5-11)18-8-9-19-13(14,15)16/h4-7,10H,2-3,8-9,17H2,1H3. The molecule has 0 bridgehead atoms. The van der Waals surface area contributed by atoms with Crippen molar-refractivity contribution < 1.29 is 17.9 Å². The quantitative estimate of drug-likeness (QED) is 0.780. The molecule has 0 amide bonds. The molecule has 0 aliphatic heterocycles. The minimum atomic E-state index is -4.19. The van der Waals surface area contributed by atoms with Crippen LogP contribution in [0.5, 0.6) is 5.75 Å². The minimum absolute atomic E-state index is 0.0450. The number of aryl methyl sites for hydroxylation is 1. The fraction of sp³-hybridized carbons (Fsp3) is 0.538. The van der Waals surface area contributed by atoms with Crippen LogP contribution in [0.3, 0.4) is 0 Å². The van der Waals surface area contributed by atoms with Crippen LogP contribution in [0.15, 0.2) is 24.3 Å². The van der Waals surface area contributed by atoms with Crippen molar-refractivity contribution >= 4 is 11.8 Å². The summed E-state index contributed by atoms with van der Waals surface area (Å²) in [7, 11) is 0. The van der Waals surface area contributed by atoms with Crippen LogP contribution in [-0.4, -0.2) is 23.9 Å². The van der Waals surface area contributed by atoms with Crippen LogP contribution < -0.4 is 10.5 Å². The molecule has 0 saturated heterocycles. The first-order valence-electron chi connectivity index (χ1n) is 6.05. The third kappa shape index (κ3) is 8.00. The van der Waals surface area contributed by atoms with Crippen LogP contribution >= 0.6 is 11.8 Å². The number of nitrogens with two attached hydrogens (primary N) is 1. The summed E-state index contributed by atoms with van der Waals surface area (Å²) in [5.41, 5.74) is 2.63. The molecule has 0 aliphatic rings. The number of hydrogen-bond donors (Lipinski definition) is 1. The van der Waals surface area contributed by atoms with Gasteiger partial charge in [-0.05, 0) is 49.2 Å². The Morgan fingerprint density at radius 3 is 2.42 bits per heavy atom. The van der Waals surface area contributed by atoms with E-state index in [0.29, 0.717) is 5.75 Å². The first kappa shape index (κ1) is 16.2. The molecule has 1 aromatic carbocycles. The molecule has 0 radical (unpaired) electrons.